The maximum absolute atomic E-state index is 6.24. The van der Waals surface area contributed by atoms with Crippen molar-refractivity contribution in [1.82, 2.24) is 0 Å². The highest BCUT2D eigenvalue weighted by molar-refractivity contribution is 4.80. The van der Waals surface area contributed by atoms with Crippen LogP contribution in [0.5, 0.6) is 0 Å². The zero-order chi connectivity index (χ0) is 10.6. The fourth-order valence-electron chi connectivity index (χ4n) is 2.76. The molecular weight excluding hydrogens is 170 g/mol. The van der Waals surface area contributed by atoms with Gasteiger partial charge in [0.1, 0.15) is 0 Å². The molecule has 0 radical (unpaired) electrons. The minimum Gasteiger partial charge on any atom is -0.327 e. The van der Waals surface area contributed by atoms with Crippen molar-refractivity contribution < 1.29 is 0 Å². The molecule has 1 aliphatic carbocycles. The summed E-state index contributed by atoms with van der Waals surface area (Å²) >= 11 is 0. The Morgan fingerprint density at radius 1 is 1.14 bits per heavy atom. The second kappa shape index (κ2) is 5.75. The summed E-state index contributed by atoms with van der Waals surface area (Å²) in [6.45, 7) is 6.87. The van der Waals surface area contributed by atoms with E-state index in [1.807, 2.05) is 0 Å². The first kappa shape index (κ1) is 12.0. The summed E-state index contributed by atoms with van der Waals surface area (Å²) < 4.78 is 0. The van der Waals surface area contributed by atoms with E-state index in [0.29, 0.717) is 6.04 Å². The Bertz CT molecular complexity index is 145. The van der Waals surface area contributed by atoms with Gasteiger partial charge in [-0.25, -0.2) is 0 Å². The number of hydrogen-bond donors (Lipinski definition) is 1. The molecule has 0 aliphatic heterocycles. The number of nitrogens with two attached hydrogens (primary N) is 1. The molecule has 0 aromatic heterocycles. The molecule has 0 spiro atoms. The van der Waals surface area contributed by atoms with Crippen LogP contribution in [-0.4, -0.2) is 6.04 Å². The Labute approximate surface area is 89.5 Å². The molecule has 0 saturated heterocycles. The fraction of sp³-hybridized carbons (Fsp3) is 1.00. The highest BCUT2D eigenvalue weighted by Crippen LogP contribution is 2.33. The van der Waals surface area contributed by atoms with Gasteiger partial charge in [-0.1, -0.05) is 40.0 Å². The van der Waals surface area contributed by atoms with Crippen LogP contribution in [0.25, 0.3) is 0 Å². The summed E-state index contributed by atoms with van der Waals surface area (Å²) in [7, 11) is 0. The standard InChI is InChI=1S/C13H27N/c1-4-11-5-7-12(8-6-11)13(14)9-10(2)3/h10-13H,4-9,14H2,1-3H3. The van der Waals surface area contributed by atoms with Crippen LogP contribution in [0.3, 0.4) is 0 Å². The normalized spacial score (nSPS) is 30.6. The summed E-state index contributed by atoms with van der Waals surface area (Å²) in [5, 5.41) is 0. The van der Waals surface area contributed by atoms with Crippen LogP contribution in [-0.2, 0) is 0 Å². The molecule has 1 atom stereocenters. The molecular formula is C13H27N. The van der Waals surface area contributed by atoms with Crippen molar-refractivity contribution in [3.63, 3.8) is 0 Å². The van der Waals surface area contributed by atoms with Gasteiger partial charge in [-0.15, -0.1) is 0 Å². The van der Waals surface area contributed by atoms with Gasteiger partial charge >= 0.3 is 0 Å². The zero-order valence-corrected chi connectivity index (χ0v) is 10.1. The van der Waals surface area contributed by atoms with E-state index < -0.39 is 0 Å². The van der Waals surface area contributed by atoms with Crippen molar-refractivity contribution in [2.75, 3.05) is 0 Å². The molecule has 1 aliphatic rings. The van der Waals surface area contributed by atoms with E-state index >= 15 is 0 Å². The highest BCUT2D eigenvalue weighted by Gasteiger charge is 2.24. The lowest BCUT2D eigenvalue weighted by Crippen LogP contribution is -2.34. The van der Waals surface area contributed by atoms with Crippen LogP contribution in [0, 0.1) is 17.8 Å². The van der Waals surface area contributed by atoms with Crippen molar-refractivity contribution >= 4 is 0 Å². The van der Waals surface area contributed by atoms with E-state index in [9.17, 15) is 0 Å². The highest BCUT2D eigenvalue weighted by atomic mass is 14.7. The molecule has 1 saturated carbocycles. The monoisotopic (exact) mass is 197 g/mol. The van der Waals surface area contributed by atoms with Gasteiger partial charge in [0.05, 0.1) is 0 Å². The van der Waals surface area contributed by atoms with Crippen molar-refractivity contribution in [2.45, 2.75) is 65.3 Å². The molecule has 1 heteroatoms. The van der Waals surface area contributed by atoms with Gasteiger partial charge < -0.3 is 5.73 Å². The van der Waals surface area contributed by atoms with Crippen LogP contribution in [0.2, 0.25) is 0 Å². The second-order valence-corrected chi connectivity index (χ2v) is 5.48. The van der Waals surface area contributed by atoms with Gasteiger partial charge in [-0.05, 0) is 37.0 Å². The Balaban J connectivity index is 2.26. The molecule has 0 amide bonds. The first-order valence-corrected chi connectivity index (χ1v) is 6.39. The Kier molecular flexibility index (Phi) is 4.94. The van der Waals surface area contributed by atoms with Crippen LogP contribution in [0.15, 0.2) is 0 Å². The molecule has 0 bridgehead atoms. The summed E-state index contributed by atoms with van der Waals surface area (Å²) in [6, 6.07) is 0.466. The van der Waals surface area contributed by atoms with Gasteiger partial charge in [0, 0.05) is 6.04 Å². The average Bonchev–Trinajstić information content (AvgIpc) is 2.17. The lowest BCUT2D eigenvalue weighted by molar-refractivity contribution is 0.224. The molecule has 1 fully saturated rings. The fourth-order valence-corrected chi connectivity index (χ4v) is 2.76. The quantitative estimate of drug-likeness (QED) is 0.732. The topological polar surface area (TPSA) is 26.0 Å². The van der Waals surface area contributed by atoms with Gasteiger partial charge in [0.2, 0.25) is 0 Å². The molecule has 1 nitrogen and oxygen atoms in total. The van der Waals surface area contributed by atoms with E-state index in [4.69, 9.17) is 5.73 Å². The third-order valence-corrected chi connectivity index (χ3v) is 3.82. The van der Waals surface area contributed by atoms with Gasteiger partial charge in [-0.3, -0.25) is 0 Å². The first-order valence-electron chi connectivity index (χ1n) is 6.39. The lowest BCUT2D eigenvalue weighted by Gasteiger charge is -2.32. The van der Waals surface area contributed by atoms with Crippen molar-refractivity contribution in [1.29, 1.82) is 0 Å². The van der Waals surface area contributed by atoms with Gasteiger partial charge in [0.15, 0.2) is 0 Å². The summed E-state index contributed by atoms with van der Waals surface area (Å²) in [4.78, 5) is 0. The van der Waals surface area contributed by atoms with E-state index in [1.54, 1.807) is 0 Å². The molecule has 1 rings (SSSR count). The predicted octanol–water partition coefficient (Wildman–Crippen LogP) is 3.58. The molecule has 84 valence electrons. The average molecular weight is 197 g/mol. The zero-order valence-electron chi connectivity index (χ0n) is 10.1. The maximum Gasteiger partial charge on any atom is 0.00695 e. The Morgan fingerprint density at radius 3 is 2.14 bits per heavy atom. The molecule has 0 aromatic rings. The summed E-state index contributed by atoms with van der Waals surface area (Å²) in [6.07, 6.45) is 8.19. The largest absolute Gasteiger partial charge is 0.327 e. The third kappa shape index (κ3) is 3.61. The van der Waals surface area contributed by atoms with Crippen LogP contribution < -0.4 is 5.73 Å². The first-order chi connectivity index (χ1) is 6.63. The van der Waals surface area contributed by atoms with Crippen molar-refractivity contribution in [2.24, 2.45) is 23.5 Å². The van der Waals surface area contributed by atoms with E-state index in [2.05, 4.69) is 20.8 Å². The van der Waals surface area contributed by atoms with E-state index in [1.165, 1.54) is 38.5 Å². The number of rotatable bonds is 4. The molecule has 1 unspecified atom stereocenters. The Morgan fingerprint density at radius 2 is 1.71 bits per heavy atom. The minimum atomic E-state index is 0.466. The minimum absolute atomic E-state index is 0.466. The third-order valence-electron chi connectivity index (χ3n) is 3.82. The maximum atomic E-state index is 6.24. The van der Waals surface area contributed by atoms with E-state index in [0.717, 1.165) is 17.8 Å². The smallest absolute Gasteiger partial charge is 0.00695 e. The van der Waals surface area contributed by atoms with Crippen LogP contribution >= 0.6 is 0 Å². The Hall–Kier alpha value is -0.0400. The molecule has 0 aromatic carbocycles. The van der Waals surface area contributed by atoms with Gasteiger partial charge in [-0.2, -0.15) is 0 Å². The van der Waals surface area contributed by atoms with Crippen LogP contribution in [0.4, 0.5) is 0 Å². The lowest BCUT2D eigenvalue weighted by atomic mass is 9.76. The molecule has 14 heavy (non-hydrogen) atoms. The SMILES string of the molecule is CCC1CCC(C(N)CC(C)C)CC1. The molecule has 0 heterocycles. The van der Waals surface area contributed by atoms with Crippen molar-refractivity contribution in [3.05, 3.63) is 0 Å². The van der Waals surface area contributed by atoms with Gasteiger partial charge in [0.25, 0.3) is 0 Å². The number of hydrogen-bond acceptors (Lipinski definition) is 1. The second-order valence-electron chi connectivity index (χ2n) is 5.48. The van der Waals surface area contributed by atoms with E-state index in [-0.39, 0.29) is 0 Å². The van der Waals surface area contributed by atoms with Crippen LogP contribution in [0.1, 0.15) is 59.3 Å². The summed E-state index contributed by atoms with van der Waals surface area (Å²) in [5.41, 5.74) is 6.24. The molecule has 2 N–H and O–H groups in total. The summed E-state index contributed by atoms with van der Waals surface area (Å²) in [5.74, 6) is 2.58. The predicted molar refractivity (Wildman–Crippen MR) is 63.2 cm³/mol. The van der Waals surface area contributed by atoms with Crippen molar-refractivity contribution in [3.8, 4) is 0 Å².